The van der Waals surface area contributed by atoms with Crippen molar-refractivity contribution in [2.75, 3.05) is 24.9 Å². The van der Waals surface area contributed by atoms with Crippen molar-refractivity contribution < 1.29 is 13.6 Å². The standard InChI is InChI=1S/C14H23N2O3P/c1-13(2)10-14(3,20(17,18-4)19-5)16-12-9-7-6-8-11(12)15-13/h6-9,15-16H,10H2,1-5H3. The van der Waals surface area contributed by atoms with Gasteiger partial charge in [-0.15, -0.1) is 0 Å². The van der Waals surface area contributed by atoms with E-state index < -0.39 is 12.9 Å². The van der Waals surface area contributed by atoms with Crippen LogP contribution in [0.5, 0.6) is 0 Å². The fourth-order valence-corrected chi connectivity index (χ4v) is 4.75. The first-order valence-electron chi connectivity index (χ1n) is 6.62. The summed E-state index contributed by atoms with van der Waals surface area (Å²) in [7, 11) is -0.433. The molecule has 1 heterocycles. The number of rotatable bonds is 3. The average Bonchev–Trinajstić information content (AvgIpc) is 2.49. The van der Waals surface area contributed by atoms with E-state index in [0.29, 0.717) is 6.42 Å². The van der Waals surface area contributed by atoms with Gasteiger partial charge < -0.3 is 19.7 Å². The molecule has 1 unspecified atom stereocenters. The lowest BCUT2D eigenvalue weighted by molar-refractivity contribution is 0.243. The van der Waals surface area contributed by atoms with Gasteiger partial charge in [-0.2, -0.15) is 0 Å². The Morgan fingerprint density at radius 2 is 1.55 bits per heavy atom. The molecule has 0 radical (unpaired) electrons. The van der Waals surface area contributed by atoms with Crippen molar-refractivity contribution in [3.8, 4) is 0 Å². The van der Waals surface area contributed by atoms with Crippen molar-refractivity contribution in [3.63, 3.8) is 0 Å². The average molecular weight is 298 g/mol. The van der Waals surface area contributed by atoms with Crippen molar-refractivity contribution in [2.45, 2.75) is 38.0 Å². The summed E-state index contributed by atoms with van der Waals surface area (Å²) in [6.07, 6.45) is 0.591. The highest BCUT2D eigenvalue weighted by atomic mass is 31.2. The highest BCUT2D eigenvalue weighted by molar-refractivity contribution is 7.55. The van der Waals surface area contributed by atoms with Crippen LogP contribution >= 0.6 is 7.60 Å². The molecule has 2 N–H and O–H groups in total. The van der Waals surface area contributed by atoms with Gasteiger partial charge >= 0.3 is 7.60 Å². The van der Waals surface area contributed by atoms with Gasteiger partial charge in [0, 0.05) is 26.2 Å². The summed E-state index contributed by atoms with van der Waals surface area (Å²) in [5, 5.41) is 6.03. The molecule has 1 aromatic carbocycles. The Kier molecular flexibility index (Phi) is 3.89. The van der Waals surface area contributed by atoms with Gasteiger partial charge in [-0.3, -0.25) is 4.57 Å². The van der Waals surface area contributed by atoms with E-state index in [4.69, 9.17) is 9.05 Å². The maximum Gasteiger partial charge on any atom is 0.355 e. The summed E-state index contributed by atoms with van der Waals surface area (Å²) in [5.41, 5.74) is 1.64. The molecule has 0 saturated carbocycles. The molecule has 0 aliphatic carbocycles. The van der Waals surface area contributed by atoms with Gasteiger partial charge in [-0.1, -0.05) is 12.1 Å². The number of benzene rings is 1. The van der Waals surface area contributed by atoms with Gasteiger partial charge in [-0.25, -0.2) is 0 Å². The first-order valence-corrected chi connectivity index (χ1v) is 8.16. The minimum absolute atomic E-state index is 0.249. The molecule has 1 aliphatic heterocycles. The topological polar surface area (TPSA) is 59.6 Å². The van der Waals surface area contributed by atoms with Crippen LogP contribution in [0.1, 0.15) is 27.2 Å². The Labute approximate surface area is 120 Å². The van der Waals surface area contributed by atoms with E-state index in [1.54, 1.807) is 0 Å². The third-order valence-corrected chi connectivity index (χ3v) is 6.12. The normalized spacial score (nSPS) is 25.1. The van der Waals surface area contributed by atoms with E-state index in [-0.39, 0.29) is 5.54 Å². The summed E-state index contributed by atoms with van der Waals surface area (Å²) >= 11 is 0. The molecule has 0 amide bonds. The van der Waals surface area contributed by atoms with E-state index in [1.807, 2.05) is 31.2 Å². The Morgan fingerprint density at radius 1 is 1.05 bits per heavy atom. The maximum absolute atomic E-state index is 12.9. The first kappa shape index (κ1) is 15.4. The summed E-state index contributed by atoms with van der Waals surface area (Å²) in [6, 6.07) is 7.87. The second-order valence-corrected chi connectivity index (χ2v) is 8.70. The fraction of sp³-hybridized carbons (Fsp3) is 0.571. The van der Waals surface area contributed by atoms with Crippen molar-refractivity contribution in [2.24, 2.45) is 0 Å². The largest absolute Gasteiger partial charge is 0.378 e. The van der Waals surface area contributed by atoms with E-state index in [2.05, 4.69) is 24.5 Å². The fourth-order valence-electron chi connectivity index (χ4n) is 2.95. The van der Waals surface area contributed by atoms with Gasteiger partial charge in [0.2, 0.25) is 0 Å². The zero-order valence-electron chi connectivity index (χ0n) is 12.7. The smallest absolute Gasteiger partial charge is 0.355 e. The van der Waals surface area contributed by atoms with Crippen LogP contribution in [0.4, 0.5) is 11.4 Å². The Morgan fingerprint density at radius 3 is 2.05 bits per heavy atom. The molecule has 0 saturated heterocycles. The number of hydrogen-bond donors (Lipinski definition) is 2. The van der Waals surface area contributed by atoms with Gasteiger partial charge in [0.15, 0.2) is 0 Å². The SMILES string of the molecule is COP(=O)(OC)C1(C)CC(C)(C)Nc2ccccc2N1. The first-order chi connectivity index (χ1) is 9.25. The molecule has 5 nitrogen and oxygen atoms in total. The molecule has 0 fully saturated rings. The summed E-state index contributed by atoms with van der Waals surface area (Å²) in [4.78, 5) is 0. The van der Waals surface area contributed by atoms with Gasteiger partial charge in [-0.05, 0) is 32.9 Å². The Bertz CT molecular complexity index is 539. The molecule has 1 aromatic rings. The Balaban J connectivity index is 2.54. The Hall–Kier alpha value is -1.03. The molecular weight excluding hydrogens is 275 g/mol. The summed E-state index contributed by atoms with van der Waals surface area (Å²) in [5.74, 6) is 0. The minimum Gasteiger partial charge on any atom is -0.378 e. The molecule has 2 rings (SSSR count). The van der Waals surface area contributed by atoms with Crippen LogP contribution in [0.15, 0.2) is 24.3 Å². The minimum atomic E-state index is -3.28. The lowest BCUT2D eigenvalue weighted by atomic mass is 9.96. The van der Waals surface area contributed by atoms with Crippen LogP contribution < -0.4 is 10.6 Å². The highest BCUT2D eigenvalue weighted by Crippen LogP contribution is 2.62. The molecule has 112 valence electrons. The third-order valence-electron chi connectivity index (χ3n) is 3.68. The monoisotopic (exact) mass is 298 g/mol. The lowest BCUT2D eigenvalue weighted by Gasteiger charge is -2.39. The molecule has 0 bridgehead atoms. The quantitative estimate of drug-likeness (QED) is 0.829. The molecule has 1 atom stereocenters. The zero-order chi connectivity index (χ0) is 15.0. The van der Waals surface area contributed by atoms with Crippen LogP contribution in [0.3, 0.4) is 0 Å². The maximum atomic E-state index is 12.9. The van der Waals surface area contributed by atoms with E-state index >= 15 is 0 Å². The zero-order valence-corrected chi connectivity index (χ0v) is 13.6. The number of anilines is 2. The van der Waals surface area contributed by atoms with Crippen LogP contribution in [-0.2, 0) is 13.6 Å². The van der Waals surface area contributed by atoms with Crippen molar-refractivity contribution in [1.82, 2.24) is 0 Å². The highest BCUT2D eigenvalue weighted by Gasteiger charge is 2.50. The van der Waals surface area contributed by atoms with Crippen molar-refractivity contribution >= 4 is 19.0 Å². The summed E-state index contributed by atoms with van der Waals surface area (Å²) in [6.45, 7) is 6.03. The molecular formula is C14H23N2O3P. The molecule has 0 spiro atoms. The van der Waals surface area contributed by atoms with Crippen molar-refractivity contribution in [1.29, 1.82) is 0 Å². The van der Waals surface area contributed by atoms with E-state index in [0.717, 1.165) is 11.4 Å². The number of hydrogen-bond acceptors (Lipinski definition) is 5. The second-order valence-electron chi connectivity index (χ2n) is 5.99. The van der Waals surface area contributed by atoms with Gasteiger partial charge in [0.25, 0.3) is 0 Å². The number of nitrogens with one attached hydrogen (secondary N) is 2. The second kappa shape index (κ2) is 5.06. The van der Waals surface area contributed by atoms with Crippen molar-refractivity contribution in [3.05, 3.63) is 24.3 Å². The number of fused-ring (bicyclic) bond motifs is 1. The van der Waals surface area contributed by atoms with Gasteiger partial charge in [0.1, 0.15) is 5.28 Å². The molecule has 20 heavy (non-hydrogen) atoms. The molecule has 6 heteroatoms. The number of para-hydroxylation sites is 2. The van der Waals surface area contributed by atoms with E-state index in [9.17, 15) is 4.57 Å². The van der Waals surface area contributed by atoms with E-state index in [1.165, 1.54) is 14.2 Å². The predicted octanol–water partition coefficient (Wildman–Crippen LogP) is 3.89. The van der Waals surface area contributed by atoms with Crippen LogP contribution in [-0.4, -0.2) is 25.0 Å². The third kappa shape index (κ3) is 2.58. The lowest BCUT2D eigenvalue weighted by Crippen LogP contribution is -2.43. The molecule has 0 aromatic heterocycles. The summed E-state index contributed by atoms with van der Waals surface area (Å²) < 4.78 is 23.4. The predicted molar refractivity (Wildman–Crippen MR) is 82.4 cm³/mol. The van der Waals surface area contributed by atoms with Crippen LogP contribution in [0, 0.1) is 0 Å². The van der Waals surface area contributed by atoms with Crippen LogP contribution in [0.2, 0.25) is 0 Å². The van der Waals surface area contributed by atoms with Gasteiger partial charge in [0.05, 0.1) is 11.4 Å². The molecule has 1 aliphatic rings. The van der Waals surface area contributed by atoms with Crippen LogP contribution in [0.25, 0.3) is 0 Å².